The van der Waals surface area contributed by atoms with Crippen molar-refractivity contribution in [2.75, 3.05) is 6.61 Å². The van der Waals surface area contributed by atoms with Crippen LogP contribution in [0, 0.1) is 0 Å². The summed E-state index contributed by atoms with van der Waals surface area (Å²) >= 11 is 0. The van der Waals surface area contributed by atoms with Crippen molar-refractivity contribution in [3.63, 3.8) is 0 Å². The van der Waals surface area contributed by atoms with Crippen LogP contribution in [0.1, 0.15) is 6.92 Å². The van der Waals surface area contributed by atoms with Crippen LogP contribution in [0.3, 0.4) is 0 Å². The lowest BCUT2D eigenvalue weighted by Crippen LogP contribution is -1.85. The Labute approximate surface area is 77.7 Å². The first-order chi connectivity index (χ1) is 6.29. The zero-order valence-corrected chi connectivity index (χ0v) is 7.60. The number of benzene rings is 1. The van der Waals surface area contributed by atoms with E-state index in [1.165, 1.54) is 0 Å². The fourth-order valence-electron chi connectivity index (χ4n) is 0.710. The first-order valence-electron chi connectivity index (χ1n) is 4.01. The highest BCUT2D eigenvalue weighted by atomic mass is 16.6. The standard InChI is InChI=1S/C10H12N2O/c1-9(2)8-13-12-11-10-6-4-3-5-7-10/h3-7H,1,8H2,2H3/b12-11+. The summed E-state index contributed by atoms with van der Waals surface area (Å²) in [6.45, 7) is 5.96. The molecule has 0 atom stereocenters. The Morgan fingerprint density at radius 2 is 2.08 bits per heavy atom. The van der Waals surface area contributed by atoms with Gasteiger partial charge in [-0.2, -0.15) is 0 Å². The van der Waals surface area contributed by atoms with E-state index in [9.17, 15) is 0 Å². The van der Waals surface area contributed by atoms with Gasteiger partial charge < -0.3 is 4.84 Å². The molecule has 0 spiro atoms. The Hall–Kier alpha value is -1.64. The van der Waals surface area contributed by atoms with Gasteiger partial charge in [0.25, 0.3) is 0 Å². The molecule has 0 bridgehead atoms. The Kier molecular flexibility index (Phi) is 3.70. The monoisotopic (exact) mass is 176 g/mol. The van der Waals surface area contributed by atoms with Gasteiger partial charge in [0.2, 0.25) is 0 Å². The summed E-state index contributed by atoms with van der Waals surface area (Å²) in [5, 5.41) is 7.39. The minimum absolute atomic E-state index is 0.413. The maximum atomic E-state index is 4.86. The second-order valence-corrected chi connectivity index (χ2v) is 2.75. The molecular formula is C10H12N2O. The quantitative estimate of drug-likeness (QED) is 0.393. The fourth-order valence-corrected chi connectivity index (χ4v) is 0.710. The molecule has 0 saturated heterocycles. The van der Waals surface area contributed by atoms with E-state index in [0.29, 0.717) is 6.61 Å². The highest BCUT2D eigenvalue weighted by molar-refractivity contribution is 5.34. The van der Waals surface area contributed by atoms with E-state index >= 15 is 0 Å². The summed E-state index contributed by atoms with van der Waals surface area (Å²) in [7, 11) is 0. The molecule has 1 aromatic rings. The third kappa shape index (κ3) is 4.06. The number of rotatable bonds is 4. The first-order valence-corrected chi connectivity index (χ1v) is 4.01. The van der Waals surface area contributed by atoms with Gasteiger partial charge >= 0.3 is 0 Å². The molecule has 0 aromatic heterocycles. The summed E-state index contributed by atoms with van der Waals surface area (Å²) in [6, 6.07) is 9.43. The maximum absolute atomic E-state index is 4.86. The molecule has 0 heterocycles. The van der Waals surface area contributed by atoms with Gasteiger partial charge in [-0.1, -0.05) is 24.8 Å². The molecule has 0 amide bonds. The van der Waals surface area contributed by atoms with Crippen LogP contribution in [-0.4, -0.2) is 6.61 Å². The van der Waals surface area contributed by atoms with Crippen LogP contribution in [-0.2, 0) is 4.84 Å². The minimum atomic E-state index is 0.413. The highest BCUT2D eigenvalue weighted by Gasteiger charge is 1.85. The van der Waals surface area contributed by atoms with Gasteiger partial charge in [0.1, 0.15) is 6.61 Å². The van der Waals surface area contributed by atoms with Gasteiger partial charge in [-0.3, -0.25) is 0 Å². The third-order valence-corrected chi connectivity index (χ3v) is 1.28. The van der Waals surface area contributed by atoms with Gasteiger partial charge in [0, 0.05) is 5.28 Å². The van der Waals surface area contributed by atoms with E-state index in [2.05, 4.69) is 17.0 Å². The van der Waals surface area contributed by atoms with E-state index in [-0.39, 0.29) is 0 Å². The summed E-state index contributed by atoms with van der Waals surface area (Å²) in [5.41, 5.74) is 1.70. The van der Waals surface area contributed by atoms with E-state index in [4.69, 9.17) is 4.84 Å². The molecule has 68 valence electrons. The Bertz CT molecular complexity index is 293. The summed E-state index contributed by atoms with van der Waals surface area (Å²) in [4.78, 5) is 4.86. The maximum Gasteiger partial charge on any atom is 0.139 e. The average Bonchev–Trinajstić information content (AvgIpc) is 2.14. The topological polar surface area (TPSA) is 34.0 Å². The van der Waals surface area contributed by atoms with Crippen molar-refractivity contribution in [2.45, 2.75) is 6.92 Å². The predicted octanol–water partition coefficient (Wildman–Crippen LogP) is 3.28. The highest BCUT2D eigenvalue weighted by Crippen LogP contribution is 2.09. The van der Waals surface area contributed by atoms with Gasteiger partial charge in [0.15, 0.2) is 0 Å². The first kappa shape index (κ1) is 9.45. The van der Waals surface area contributed by atoms with Crippen LogP contribution in [0.25, 0.3) is 0 Å². The molecule has 0 radical (unpaired) electrons. The van der Waals surface area contributed by atoms with Crippen molar-refractivity contribution < 1.29 is 4.84 Å². The smallest absolute Gasteiger partial charge is 0.139 e. The Balaban J connectivity index is 2.37. The summed E-state index contributed by atoms with van der Waals surface area (Å²) in [5.74, 6) is 0. The molecule has 0 N–H and O–H groups in total. The molecule has 3 nitrogen and oxygen atoms in total. The molecule has 0 unspecified atom stereocenters. The molecule has 1 aromatic carbocycles. The zero-order valence-electron chi connectivity index (χ0n) is 7.60. The van der Waals surface area contributed by atoms with Gasteiger partial charge in [-0.15, -0.1) is 5.11 Å². The largest absolute Gasteiger partial charge is 0.375 e. The Morgan fingerprint density at radius 3 is 2.69 bits per heavy atom. The van der Waals surface area contributed by atoms with Gasteiger partial charge in [0.05, 0.1) is 5.69 Å². The van der Waals surface area contributed by atoms with E-state index in [1.807, 2.05) is 37.3 Å². The summed E-state index contributed by atoms with van der Waals surface area (Å²) in [6.07, 6.45) is 0. The SMILES string of the molecule is C=C(C)CO/N=N/c1ccccc1. The van der Waals surface area contributed by atoms with Crippen LogP contribution >= 0.6 is 0 Å². The summed E-state index contributed by atoms with van der Waals surface area (Å²) < 4.78 is 0. The molecule has 0 fully saturated rings. The third-order valence-electron chi connectivity index (χ3n) is 1.28. The lowest BCUT2D eigenvalue weighted by atomic mass is 10.3. The lowest BCUT2D eigenvalue weighted by molar-refractivity contribution is 0.148. The predicted molar refractivity (Wildman–Crippen MR) is 51.7 cm³/mol. The minimum Gasteiger partial charge on any atom is -0.375 e. The van der Waals surface area contributed by atoms with Gasteiger partial charge in [-0.05, 0) is 24.6 Å². The van der Waals surface area contributed by atoms with E-state index in [0.717, 1.165) is 11.3 Å². The lowest BCUT2D eigenvalue weighted by Gasteiger charge is -1.94. The number of hydrogen-bond acceptors (Lipinski definition) is 3. The van der Waals surface area contributed by atoms with Crippen LogP contribution in [0.2, 0.25) is 0 Å². The molecule has 0 aliphatic carbocycles. The zero-order chi connectivity index (χ0) is 9.52. The van der Waals surface area contributed by atoms with Gasteiger partial charge in [-0.25, -0.2) is 0 Å². The molecule has 0 aliphatic rings. The molecular weight excluding hydrogens is 164 g/mol. The van der Waals surface area contributed by atoms with Crippen molar-refractivity contribution in [3.8, 4) is 0 Å². The van der Waals surface area contributed by atoms with Crippen LogP contribution in [0.15, 0.2) is 52.9 Å². The van der Waals surface area contributed by atoms with Crippen molar-refractivity contribution in [3.05, 3.63) is 42.5 Å². The number of nitrogens with zero attached hydrogens (tertiary/aromatic N) is 2. The van der Waals surface area contributed by atoms with Crippen LogP contribution in [0.5, 0.6) is 0 Å². The average molecular weight is 176 g/mol. The van der Waals surface area contributed by atoms with Crippen molar-refractivity contribution >= 4 is 5.69 Å². The molecule has 0 saturated carbocycles. The second-order valence-electron chi connectivity index (χ2n) is 2.75. The Morgan fingerprint density at radius 1 is 1.38 bits per heavy atom. The molecule has 3 heteroatoms. The van der Waals surface area contributed by atoms with Crippen LogP contribution < -0.4 is 0 Å². The van der Waals surface area contributed by atoms with Crippen molar-refractivity contribution in [1.29, 1.82) is 0 Å². The van der Waals surface area contributed by atoms with Crippen molar-refractivity contribution in [1.82, 2.24) is 0 Å². The molecule has 0 aliphatic heterocycles. The van der Waals surface area contributed by atoms with Crippen LogP contribution in [0.4, 0.5) is 5.69 Å². The normalized spacial score (nSPS) is 10.2. The van der Waals surface area contributed by atoms with E-state index in [1.54, 1.807) is 0 Å². The fraction of sp³-hybridized carbons (Fsp3) is 0.200. The van der Waals surface area contributed by atoms with E-state index < -0.39 is 0 Å². The van der Waals surface area contributed by atoms with Crippen molar-refractivity contribution in [2.24, 2.45) is 10.4 Å². The molecule has 13 heavy (non-hydrogen) atoms. The number of hydrogen-bond donors (Lipinski definition) is 0. The molecule has 1 rings (SSSR count). The second kappa shape index (κ2) is 5.09.